The quantitative estimate of drug-likeness (QED) is 0.612. The number of carbonyl (C=O) groups excluding carboxylic acids is 2. The number of hydrogen-bond acceptors (Lipinski definition) is 3. The summed E-state index contributed by atoms with van der Waals surface area (Å²) >= 11 is 0. The molecule has 2 rings (SSSR count). The summed E-state index contributed by atoms with van der Waals surface area (Å²) in [7, 11) is 0. The van der Waals surface area contributed by atoms with Gasteiger partial charge in [-0.05, 0) is 19.4 Å². The van der Waals surface area contributed by atoms with Gasteiger partial charge in [0.2, 0.25) is 0 Å². The Morgan fingerprint density at radius 3 is 2.84 bits per heavy atom. The Kier molecular flexibility index (Phi) is 4.00. The van der Waals surface area contributed by atoms with E-state index >= 15 is 0 Å². The van der Waals surface area contributed by atoms with E-state index in [2.05, 4.69) is 0 Å². The van der Waals surface area contributed by atoms with E-state index < -0.39 is 6.04 Å². The van der Waals surface area contributed by atoms with Gasteiger partial charge in [-0.1, -0.05) is 25.1 Å². The molecule has 100 valence electrons. The smallest absolute Gasteiger partial charge is 0.328 e. The summed E-state index contributed by atoms with van der Waals surface area (Å²) in [5.74, 6) is -0.278. The highest BCUT2D eigenvalue weighted by Crippen LogP contribution is 2.24. The minimum Gasteiger partial charge on any atom is -0.464 e. The molecule has 1 heterocycles. The van der Waals surface area contributed by atoms with Crippen molar-refractivity contribution >= 4 is 23.2 Å². The third-order valence-electron chi connectivity index (χ3n) is 3.11. The zero-order valence-corrected chi connectivity index (χ0v) is 11.1. The maximum absolute atomic E-state index is 11.9. The van der Waals surface area contributed by atoms with E-state index in [1.165, 1.54) is 0 Å². The van der Waals surface area contributed by atoms with E-state index in [0.717, 1.165) is 23.6 Å². The van der Waals surface area contributed by atoms with Crippen LogP contribution in [0.4, 0.5) is 0 Å². The fraction of sp³-hybridized carbons (Fsp3) is 0.333. The molecule has 0 fully saturated rings. The van der Waals surface area contributed by atoms with Gasteiger partial charge in [0, 0.05) is 22.7 Å². The van der Waals surface area contributed by atoms with Crippen LogP contribution in [0.5, 0.6) is 0 Å². The number of fused-ring (bicyclic) bond motifs is 1. The Morgan fingerprint density at radius 2 is 2.16 bits per heavy atom. The number of aldehydes is 1. The summed E-state index contributed by atoms with van der Waals surface area (Å²) in [6.45, 7) is 4.15. The predicted octanol–water partition coefficient (Wildman–Crippen LogP) is 2.97. The second kappa shape index (κ2) is 5.69. The van der Waals surface area contributed by atoms with Gasteiger partial charge in [-0.3, -0.25) is 4.79 Å². The van der Waals surface area contributed by atoms with Crippen LogP contribution in [0.1, 0.15) is 36.7 Å². The molecule has 1 unspecified atom stereocenters. The number of esters is 1. The van der Waals surface area contributed by atoms with E-state index in [-0.39, 0.29) is 5.97 Å². The molecule has 0 bridgehead atoms. The standard InChI is InChI=1S/C15H17NO3/c1-3-8-19-15(18)11(2)16-9-12(10-17)13-6-4-5-7-14(13)16/h4-7,9-11H,3,8H2,1-2H3. The Labute approximate surface area is 112 Å². The fourth-order valence-electron chi connectivity index (χ4n) is 2.08. The zero-order valence-electron chi connectivity index (χ0n) is 11.1. The first-order valence-electron chi connectivity index (χ1n) is 6.40. The van der Waals surface area contributed by atoms with E-state index in [4.69, 9.17) is 4.74 Å². The molecule has 0 N–H and O–H groups in total. The number of ether oxygens (including phenoxy) is 1. The van der Waals surface area contributed by atoms with Gasteiger partial charge in [0.05, 0.1) is 6.61 Å². The highest BCUT2D eigenvalue weighted by molar-refractivity contribution is 5.98. The maximum atomic E-state index is 11.9. The van der Waals surface area contributed by atoms with Gasteiger partial charge >= 0.3 is 5.97 Å². The van der Waals surface area contributed by atoms with Crippen molar-refractivity contribution < 1.29 is 14.3 Å². The minimum atomic E-state index is -0.440. The molecular formula is C15H17NO3. The van der Waals surface area contributed by atoms with Crippen molar-refractivity contribution in [3.05, 3.63) is 36.0 Å². The molecule has 2 aromatic rings. The second-order valence-corrected chi connectivity index (χ2v) is 4.47. The van der Waals surface area contributed by atoms with Gasteiger partial charge in [0.15, 0.2) is 6.29 Å². The number of rotatable bonds is 5. The Morgan fingerprint density at radius 1 is 1.42 bits per heavy atom. The van der Waals surface area contributed by atoms with Crippen LogP contribution >= 0.6 is 0 Å². The summed E-state index contributed by atoms with van der Waals surface area (Å²) in [5, 5.41) is 0.854. The molecular weight excluding hydrogens is 242 g/mol. The number of aromatic nitrogens is 1. The topological polar surface area (TPSA) is 48.3 Å². The van der Waals surface area contributed by atoms with Crippen molar-refractivity contribution in [2.75, 3.05) is 6.61 Å². The SMILES string of the molecule is CCCOC(=O)C(C)n1cc(C=O)c2ccccc21. The van der Waals surface area contributed by atoms with Crippen molar-refractivity contribution in [3.63, 3.8) is 0 Å². The maximum Gasteiger partial charge on any atom is 0.328 e. The minimum absolute atomic E-state index is 0.278. The lowest BCUT2D eigenvalue weighted by Crippen LogP contribution is -2.18. The molecule has 0 aliphatic carbocycles. The summed E-state index contributed by atoms with van der Waals surface area (Å²) in [6.07, 6.45) is 3.31. The van der Waals surface area contributed by atoms with Crippen molar-refractivity contribution in [1.82, 2.24) is 4.57 Å². The molecule has 0 radical (unpaired) electrons. The Bertz CT molecular complexity index is 600. The van der Waals surface area contributed by atoms with Crippen LogP contribution in [0.2, 0.25) is 0 Å². The van der Waals surface area contributed by atoms with Crippen molar-refractivity contribution in [2.24, 2.45) is 0 Å². The highest BCUT2D eigenvalue weighted by atomic mass is 16.5. The van der Waals surface area contributed by atoms with Gasteiger partial charge in [-0.25, -0.2) is 4.79 Å². The van der Waals surface area contributed by atoms with Crippen LogP contribution in [0.3, 0.4) is 0 Å². The van der Waals surface area contributed by atoms with Gasteiger partial charge in [-0.15, -0.1) is 0 Å². The highest BCUT2D eigenvalue weighted by Gasteiger charge is 2.19. The van der Waals surface area contributed by atoms with Crippen LogP contribution in [0.25, 0.3) is 10.9 Å². The molecule has 1 aromatic carbocycles. The number of nitrogens with zero attached hydrogens (tertiary/aromatic N) is 1. The Hall–Kier alpha value is -2.10. The molecule has 1 atom stereocenters. The van der Waals surface area contributed by atoms with Crippen LogP contribution in [0, 0.1) is 0 Å². The predicted molar refractivity (Wildman–Crippen MR) is 73.3 cm³/mol. The largest absolute Gasteiger partial charge is 0.464 e. The number of carbonyl (C=O) groups is 2. The van der Waals surface area contributed by atoms with E-state index in [1.54, 1.807) is 17.7 Å². The molecule has 1 aromatic heterocycles. The third kappa shape index (κ3) is 2.52. The van der Waals surface area contributed by atoms with Gasteiger partial charge in [-0.2, -0.15) is 0 Å². The fourth-order valence-corrected chi connectivity index (χ4v) is 2.08. The Balaban J connectivity index is 2.39. The van der Waals surface area contributed by atoms with Crippen LogP contribution in [-0.2, 0) is 9.53 Å². The first-order valence-corrected chi connectivity index (χ1v) is 6.40. The van der Waals surface area contributed by atoms with Crippen molar-refractivity contribution in [2.45, 2.75) is 26.3 Å². The molecule has 4 nitrogen and oxygen atoms in total. The molecule has 0 amide bonds. The molecule has 19 heavy (non-hydrogen) atoms. The number of para-hydroxylation sites is 1. The first kappa shape index (κ1) is 13.3. The van der Waals surface area contributed by atoms with E-state index in [1.807, 2.05) is 31.2 Å². The second-order valence-electron chi connectivity index (χ2n) is 4.47. The lowest BCUT2D eigenvalue weighted by atomic mass is 10.2. The molecule has 0 spiro atoms. The average Bonchev–Trinajstić information content (AvgIpc) is 2.82. The van der Waals surface area contributed by atoms with Crippen LogP contribution in [0.15, 0.2) is 30.5 Å². The van der Waals surface area contributed by atoms with Gasteiger partial charge in [0.1, 0.15) is 6.04 Å². The van der Waals surface area contributed by atoms with Gasteiger partial charge < -0.3 is 9.30 Å². The van der Waals surface area contributed by atoms with E-state index in [9.17, 15) is 9.59 Å². The molecule has 0 saturated heterocycles. The first-order chi connectivity index (χ1) is 9.19. The number of hydrogen-bond donors (Lipinski definition) is 0. The monoisotopic (exact) mass is 259 g/mol. The zero-order chi connectivity index (χ0) is 13.8. The van der Waals surface area contributed by atoms with Crippen LogP contribution < -0.4 is 0 Å². The normalized spacial score (nSPS) is 12.3. The summed E-state index contributed by atoms with van der Waals surface area (Å²) in [5.41, 5.74) is 1.45. The summed E-state index contributed by atoms with van der Waals surface area (Å²) in [4.78, 5) is 23.0. The lowest BCUT2D eigenvalue weighted by molar-refractivity contribution is -0.147. The molecule has 4 heteroatoms. The third-order valence-corrected chi connectivity index (χ3v) is 3.11. The van der Waals surface area contributed by atoms with Crippen molar-refractivity contribution in [3.8, 4) is 0 Å². The number of benzene rings is 1. The van der Waals surface area contributed by atoms with Crippen LogP contribution in [-0.4, -0.2) is 23.4 Å². The lowest BCUT2D eigenvalue weighted by Gasteiger charge is -2.14. The molecule has 0 aliphatic rings. The van der Waals surface area contributed by atoms with E-state index in [0.29, 0.717) is 12.2 Å². The van der Waals surface area contributed by atoms with Crippen molar-refractivity contribution in [1.29, 1.82) is 0 Å². The summed E-state index contributed by atoms with van der Waals surface area (Å²) < 4.78 is 6.94. The van der Waals surface area contributed by atoms with Gasteiger partial charge in [0.25, 0.3) is 0 Å². The average molecular weight is 259 g/mol. The molecule has 0 saturated carbocycles. The molecule has 0 aliphatic heterocycles. The summed E-state index contributed by atoms with van der Waals surface area (Å²) in [6, 6.07) is 7.09.